The lowest BCUT2D eigenvalue weighted by molar-refractivity contribution is 0.172. The monoisotopic (exact) mass is 168 g/mol. The summed E-state index contributed by atoms with van der Waals surface area (Å²) in [5.74, 6) is 0. The summed E-state index contributed by atoms with van der Waals surface area (Å²) in [7, 11) is 0. The molecule has 68 valence electrons. The highest BCUT2D eigenvalue weighted by Crippen LogP contribution is 1.96. The van der Waals surface area contributed by atoms with Gasteiger partial charge in [0.15, 0.2) is 0 Å². The van der Waals surface area contributed by atoms with E-state index in [1.807, 2.05) is 6.08 Å². The van der Waals surface area contributed by atoms with Crippen molar-refractivity contribution in [3.05, 3.63) is 24.6 Å². The number of nitrogens with one attached hydrogen (secondary N) is 2. The van der Waals surface area contributed by atoms with Crippen LogP contribution in [0.2, 0.25) is 0 Å². The maximum absolute atomic E-state index is 4.55. The molecule has 12 heavy (non-hydrogen) atoms. The molecular formula is C9H16N2O. The smallest absolute Gasteiger partial charge is 0.119 e. The third-order valence-electron chi connectivity index (χ3n) is 1.70. The Hall–Kier alpha value is -0.960. The van der Waals surface area contributed by atoms with Gasteiger partial charge >= 0.3 is 0 Å². The molecular weight excluding hydrogens is 152 g/mol. The van der Waals surface area contributed by atoms with E-state index in [0.717, 1.165) is 0 Å². The fraction of sp³-hybridized carbons (Fsp3) is 0.556. The van der Waals surface area contributed by atoms with Crippen LogP contribution in [0.3, 0.4) is 0 Å². The summed E-state index contributed by atoms with van der Waals surface area (Å²) in [5.41, 5.74) is 2.52. The van der Waals surface area contributed by atoms with E-state index in [4.69, 9.17) is 0 Å². The zero-order chi connectivity index (χ0) is 8.49. The molecule has 2 aliphatic heterocycles. The minimum Gasteiger partial charge on any atom is -0.391 e. The molecule has 0 aromatic carbocycles. The summed E-state index contributed by atoms with van der Waals surface area (Å²) < 4.78 is 0. The Balaban J connectivity index is 0.000000120. The second-order valence-electron chi connectivity index (χ2n) is 2.73. The van der Waals surface area contributed by atoms with E-state index < -0.39 is 0 Å². The molecule has 1 saturated heterocycles. The highest BCUT2D eigenvalue weighted by atomic mass is 16.6. The van der Waals surface area contributed by atoms with Crippen LogP contribution in [0.15, 0.2) is 24.6 Å². The Morgan fingerprint density at radius 2 is 1.83 bits per heavy atom. The normalized spacial score (nSPS) is 20.0. The molecule has 0 saturated carbocycles. The molecule has 0 bridgehead atoms. The van der Waals surface area contributed by atoms with Crippen LogP contribution in [0.25, 0.3) is 0 Å². The first kappa shape index (κ1) is 9.13. The summed E-state index contributed by atoms with van der Waals surface area (Å²) in [4.78, 5) is 4.55. The van der Waals surface area contributed by atoms with Gasteiger partial charge in [-0.2, -0.15) is 0 Å². The molecule has 0 aromatic rings. The van der Waals surface area contributed by atoms with Gasteiger partial charge in [0, 0.05) is 6.20 Å². The SMILES string of the molecule is C1=CNOC=C1.C1CCNCC1. The van der Waals surface area contributed by atoms with Crippen LogP contribution in [0.5, 0.6) is 0 Å². The minimum absolute atomic E-state index is 1.25. The number of allylic oxidation sites excluding steroid dienone is 2. The topological polar surface area (TPSA) is 33.3 Å². The van der Waals surface area contributed by atoms with E-state index in [0.29, 0.717) is 0 Å². The molecule has 0 spiro atoms. The number of hydrogen-bond acceptors (Lipinski definition) is 3. The fourth-order valence-electron chi connectivity index (χ4n) is 1.06. The van der Waals surface area contributed by atoms with E-state index in [-0.39, 0.29) is 0 Å². The first-order chi connectivity index (χ1) is 6.00. The van der Waals surface area contributed by atoms with E-state index in [1.54, 1.807) is 18.5 Å². The van der Waals surface area contributed by atoms with Crippen molar-refractivity contribution in [3.8, 4) is 0 Å². The molecule has 0 unspecified atom stereocenters. The van der Waals surface area contributed by atoms with Crippen molar-refractivity contribution >= 4 is 0 Å². The average Bonchev–Trinajstić information content (AvgIpc) is 2.24. The van der Waals surface area contributed by atoms with E-state index in [1.165, 1.54) is 32.4 Å². The molecule has 2 rings (SSSR count). The van der Waals surface area contributed by atoms with Gasteiger partial charge in [0.2, 0.25) is 0 Å². The highest BCUT2D eigenvalue weighted by molar-refractivity contribution is 5.00. The van der Waals surface area contributed by atoms with E-state index >= 15 is 0 Å². The third kappa shape index (κ3) is 4.79. The molecule has 2 heterocycles. The van der Waals surface area contributed by atoms with Crippen molar-refractivity contribution < 1.29 is 4.84 Å². The van der Waals surface area contributed by atoms with Gasteiger partial charge in [-0.25, -0.2) is 5.48 Å². The molecule has 2 N–H and O–H groups in total. The second kappa shape index (κ2) is 6.73. The standard InChI is InChI=1S/C5H11N.C4H5NO/c2*1-2-4-6-5-3-1/h6H,1-5H2;1-5H. The van der Waals surface area contributed by atoms with Gasteiger partial charge in [0.05, 0.1) is 0 Å². The second-order valence-corrected chi connectivity index (χ2v) is 2.73. The molecule has 0 aromatic heterocycles. The Morgan fingerprint density at radius 3 is 2.00 bits per heavy atom. The Labute approximate surface area is 73.4 Å². The van der Waals surface area contributed by atoms with Crippen LogP contribution in [-0.2, 0) is 4.84 Å². The summed E-state index contributed by atoms with van der Waals surface area (Å²) in [6, 6.07) is 0. The summed E-state index contributed by atoms with van der Waals surface area (Å²) in [5, 5.41) is 3.28. The van der Waals surface area contributed by atoms with Gasteiger partial charge in [-0.1, -0.05) is 6.42 Å². The Kier molecular flexibility index (Phi) is 5.12. The molecule has 0 atom stereocenters. The van der Waals surface area contributed by atoms with Crippen molar-refractivity contribution in [2.45, 2.75) is 19.3 Å². The first-order valence-electron chi connectivity index (χ1n) is 4.44. The zero-order valence-corrected chi connectivity index (χ0v) is 7.25. The van der Waals surface area contributed by atoms with Crippen molar-refractivity contribution in [1.29, 1.82) is 0 Å². The van der Waals surface area contributed by atoms with E-state index in [2.05, 4.69) is 15.6 Å². The van der Waals surface area contributed by atoms with Crippen LogP contribution in [0.1, 0.15) is 19.3 Å². The molecule has 2 aliphatic rings. The number of piperidine rings is 1. The number of hydroxylamine groups is 1. The van der Waals surface area contributed by atoms with Crippen LogP contribution < -0.4 is 10.8 Å². The van der Waals surface area contributed by atoms with Crippen molar-refractivity contribution in [1.82, 2.24) is 10.8 Å². The lowest BCUT2D eigenvalue weighted by Crippen LogP contribution is -2.21. The lowest BCUT2D eigenvalue weighted by atomic mass is 10.2. The van der Waals surface area contributed by atoms with Crippen molar-refractivity contribution in [3.63, 3.8) is 0 Å². The molecule has 0 aliphatic carbocycles. The highest BCUT2D eigenvalue weighted by Gasteiger charge is 1.93. The summed E-state index contributed by atoms with van der Waals surface area (Å²) in [6.45, 7) is 2.50. The maximum atomic E-state index is 4.55. The zero-order valence-electron chi connectivity index (χ0n) is 7.25. The van der Waals surface area contributed by atoms with Crippen LogP contribution in [0.4, 0.5) is 0 Å². The molecule has 1 fully saturated rings. The van der Waals surface area contributed by atoms with Crippen LogP contribution >= 0.6 is 0 Å². The third-order valence-corrected chi connectivity index (χ3v) is 1.70. The Morgan fingerprint density at radius 1 is 1.00 bits per heavy atom. The fourth-order valence-corrected chi connectivity index (χ4v) is 1.06. The summed E-state index contributed by atoms with van der Waals surface area (Å²) >= 11 is 0. The number of rotatable bonds is 0. The van der Waals surface area contributed by atoms with Gasteiger partial charge in [0.25, 0.3) is 0 Å². The Bertz CT molecular complexity index is 127. The minimum atomic E-state index is 1.25. The molecule has 0 radical (unpaired) electrons. The summed E-state index contributed by atoms with van der Waals surface area (Å²) in [6.07, 6.45) is 11.1. The van der Waals surface area contributed by atoms with Gasteiger partial charge in [-0.3, -0.25) is 0 Å². The largest absolute Gasteiger partial charge is 0.391 e. The average molecular weight is 168 g/mol. The number of hydrogen-bond donors (Lipinski definition) is 2. The molecule has 0 amide bonds. The van der Waals surface area contributed by atoms with Gasteiger partial charge in [0.1, 0.15) is 6.26 Å². The lowest BCUT2D eigenvalue weighted by Gasteiger charge is -2.08. The molecule has 3 heteroatoms. The predicted octanol–water partition coefficient (Wildman–Crippen LogP) is 1.31. The first-order valence-corrected chi connectivity index (χ1v) is 4.44. The maximum Gasteiger partial charge on any atom is 0.119 e. The molecule has 3 nitrogen and oxygen atoms in total. The van der Waals surface area contributed by atoms with E-state index in [9.17, 15) is 0 Å². The van der Waals surface area contributed by atoms with Crippen LogP contribution in [-0.4, -0.2) is 13.1 Å². The quantitative estimate of drug-likeness (QED) is 0.572. The van der Waals surface area contributed by atoms with Gasteiger partial charge < -0.3 is 10.2 Å². The van der Waals surface area contributed by atoms with Gasteiger partial charge in [-0.15, -0.1) is 0 Å². The van der Waals surface area contributed by atoms with Gasteiger partial charge in [-0.05, 0) is 38.1 Å². The van der Waals surface area contributed by atoms with Crippen molar-refractivity contribution in [2.24, 2.45) is 0 Å². The van der Waals surface area contributed by atoms with Crippen molar-refractivity contribution in [2.75, 3.05) is 13.1 Å². The van der Waals surface area contributed by atoms with Crippen LogP contribution in [0, 0.1) is 0 Å². The predicted molar refractivity (Wildman–Crippen MR) is 49.2 cm³/mol.